The molecule has 0 spiro atoms. The van der Waals surface area contributed by atoms with Crippen molar-refractivity contribution in [2.45, 2.75) is 48.9 Å². The van der Waals surface area contributed by atoms with Crippen molar-refractivity contribution < 1.29 is 16.8 Å². The molecule has 5 nitrogen and oxygen atoms in total. The summed E-state index contributed by atoms with van der Waals surface area (Å²) in [6.45, 7) is 7.92. The van der Waals surface area contributed by atoms with E-state index in [1.165, 1.54) is 12.1 Å². The van der Waals surface area contributed by atoms with Crippen molar-refractivity contribution in [1.82, 2.24) is 4.72 Å². The van der Waals surface area contributed by atoms with Gasteiger partial charge in [0.25, 0.3) is 0 Å². The first-order chi connectivity index (χ1) is 11.8. The fraction of sp³-hybridized carbons (Fsp3) is 0.368. The van der Waals surface area contributed by atoms with Crippen LogP contribution in [0.2, 0.25) is 0 Å². The molecule has 142 valence electrons. The zero-order valence-corrected chi connectivity index (χ0v) is 17.3. The monoisotopic (exact) mass is 395 g/mol. The van der Waals surface area contributed by atoms with E-state index in [-0.39, 0.29) is 15.2 Å². The molecule has 2 aromatic carbocycles. The van der Waals surface area contributed by atoms with Crippen LogP contribution in [0.25, 0.3) is 0 Å². The summed E-state index contributed by atoms with van der Waals surface area (Å²) in [6, 6.07) is 12.5. The Bertz CT molecular complexity index is 969. The number of benzene rings is 2. The first kappa shape index (κ1) is 20.6. The Morgan fingerprint density at radius 2 is 1.27 bits per heavy atom. The zero-order chi connectivity index (χ0) is 19.8. The lowest BCUT2D eigenvalue weighted by Gasteiger charge is -2.20. The van der Waals surface area contributed by atoms with Gasteiger partial charge < -0.3 is 0 Å². The predicted molar refractivity (Wildman–Crippen MR) is 103 cm³/mol. The maximum absolute atomic E-state index is 12.6. The Kier molecular flexibility index (Phi) is 5.66. The molecular formula is C19H25NO4S2. The van der Waals surface area contributed by atoms with E-state index in [1.807, 2.05) is 12.1 Å². The third-order valence-electron chi connectivity index (χ3n) is 4.17. The molecule has 1 atom stereocenters. The lowest BCUT2D eigenvalue weighted by atomic mass is 9.87. The van der Waals surface area contributed by atoms with Gasteiger partial charge in [-0.1, -0.05) is 45.0 Å². The van der Waals surface area contributed by atoms with E-state index >= 15 is 0 Å². The standard InChI is InChI=1S/C19H25NO4S2/c1-14(15-6-10-17(11-7-15)25(5,21)22)20-26(23,24)18-12-8-16(9-13-18)19(2,3)4/h6-14,20H,1-5H3. The normalized spacial score (nSPS) is 14.2. The highest BCUT2D eigenvalue weighted by molar-refractivity contribution is 7.90. The summed E-state index contributed by atoms with van der Waals surface area (Å²) in [4.78, 5) is 0.402. The second kappa shape index (κ2) is 7.13. The molecule has 7 heteroatoms. The highest BCUT2D eigenvalue weighted by Gasteiger charge is 2.20. The number of nitrogens with one attached hydrogen (secondary N) is 1. The smallest absolute Gasteiger partial charge is 0.224 e. The Morgan fingerprint density at radius 1 is 0.808 bits per heavy atom. The average molecular weight is 396 g/mol. The van der Waals surface area contributed by atoms with Gasteiger partial charge in [-0.25, -0.2) is 21.6 Å². The van der Waals surface area contributed by atoms with Gasteiger partial charge in [-0.15, -0.1) is 0 Å². The molecule has 26 heavy (non-hydrogen) atoms. The Balaban J connectivity index is 2.20. The maximum atomic E-state index is 12.6. The van der Waals surface area contributed by atoms with E-state index in [2.05, 4.69) is 25.5 Å². The van der Waals surface area contributed by atoms with Crippen molar-refractivity contribution in [3.8, 4) is 0 Å². The number of hydrogen-bond donors (Lipinski definition) is 1. The zero-order valence-electron chi connectivity index (χ0n) is 15.6. The Morgan fingerprint density at radius 3 is 1.69 bits per heavy atom. The summed E-state index contributed by atoms with van der Waals surface area (Å²) in [5.74, 6) is 0. The number of hydrogen-bond acceptors (Lipinski definition) is 4. The number of rotatable bonds is 5. The minimum absolute atomic E-state index is 0.0512. The molecule has 0 radical (unpaired) electrons. The second-order valence-corrected chi connectivity index (χ2v) is 11.2. The van der Waals surface area contributed by atoms with Gasteiger partial charge in [-0.2, -0.15) is 0 Å². The van der Waals surface area contributed by atoms with E-state index in [0.29, 0.717) is 5.56 Å². The fourth-order valence-corrected chi connectivity index (χ4v) is 4.37. The maximum Gasteiger partial charge on any atom is 0.241 e. The van der Waals surface area contributed by atoms with Gasteiger partial charge in [0.2, 0.25) is 10.0 Å². The predicted octanol–water partition coefficient (Wildman–Crippen LogP) is 3.43. The fourth-order valence-electron chi connectivity index (χ4n) is 2.51. The van der Waals surface area contributed by atoms with Crippen LogP contribution < -0.4 is 4.72 Å². The molecule has 2 rings (SSSR count). The van der Waals surface area contributed by atoms with E-state index in [9.17, 15) is 16.8 Å². The summed E-state index contributed by atoms with van der Waals surface area (Å²) >= 11 is 0. The Labute approximate surface area is 156 Å². The van der Waals surface area contributed by atoms with Crippen molar-refractivity contribution in [2.75, 3.05) is 6.26 Å². The molecule has 2 aromatic rings. The number of sulfone groups is 1. The lowest BCUT2D eigenvalue weighted by molar-refractivity contribution is 0.565. The van der Waals surface area contributed by atoms with Crippen LogP contribution in [0.1, 0.15) is 44.9 Å². The molecule has 0 aromatic heterocycles. The van der Waals surface area contributed by atoms with Gasteiger partial charge in [0.15, 0.2) is 9.84 Å². The molecule has 0 aliphatic rings. The minimum Gasteiger partial charge on any atom is -0.224 e. The van der Waals surface area contributed by atoms with E-state index < -0.39 is 25.9 Å². The Hall–Kier alpha value is -1.70. The van der Waals surface area contributed by atoms with Gasteiger partial charge in [0.05, 0.1) is 9.79 Å². The quantitative estimate of drug-likeness (QED) is 0.841. The molecule has 0 bridgehead atoms. The van der Waals surface area contributed by atoms with Crippen molar-refractivity contribution >= 4 is 19.9 Å². The van der Waals surface area contributed by atoms with Crippen LogP contribution in [0.15, 0.2) is 58.3 Å². The molecule has 0 fully saturated rings. The van der Waals surface area contributed by atoms with Gasteiger partial charge in [-0.05, 0) is 47.7 Å². The summed E-state index contributed by atoms with van der Waals surface area (Å²) in [6.07, 6.45) is 1.13. The van der Waals surface area contributed by atoms with Crippen LogP contribution in [0.5, 0.6) is 0 Å². The van der Waals surface area contributed by atoms with Gasteiger partial charge in [0.1, 0.15) is 0 Å². The molecule has 0 heterocycles. The molecule has 0 amide bonds. The summed E-state index contributed by atoms with van der Waals surface area (Å²) < 4.78 is 50.8. The van der Waals surface area contributed by atoms with Crippen LogP contribution >= 0.6 is 0 Å². The average Bonchev–Trinajstić information content (AvgIpc) is 2.53. The highest BCUT2D eigenvalue weighted by atomic mass is 32.2. The summed E-state index contributed by atoms with van der Waals surface area (Å²) in [5, 5.41) is 0. The van der Waals surface area contributed by atoms with Crippen LogP contribution in [0, 0.1) is 0 Å². The first-order valence-corrected chi connectivity index (χ1v) is 11.6. The van der Waals surface area contributed by atoms with Gasteiger partial charge in [-0.3, -0.25) is 0 Å². The van der Waals surface area contributed by atoms with E-state index in [0.717, 1.165) is 11.8 Å². The van der Waals surface area contributed by atoms with Crippen LogP contribution in [0.3, 0.4) is 0 Å². The van der Waals surface area contributed by atoms with Gasteiger partial charge in [0, 0.05) is 12.3 Å². The molecule has 1 unspecified atom stereocenters. The molecule has 1 N–H and O–H groups in total. The van der Waals surface area contributed by atoms with Crippen molar-refractivity contribution in [3.05, 3.63) is 59.7 Å². The van der Waals surface area contributed by atoms with Crippen LogP contribution in [0.4, 0.5) is 0 Å². The highest BCUT2D eigenvalue weighted by Crippen LogP contribution is 2.24. The van der Waals surface area contributed by atoms with Crippen LogP contribution in [-0.4, -0.2) is 23.1 Å². The third-order valence-corrected chi connectivity index (χ3v) is 6.86. The van der Waals surface area contributed by atoms with E-state index in [4.69, 9.17) is 0 Å². The number of sulfonamides is 1. The van der Waals surface area contributed by atoms with E-state index in [1.54, 1.807) is 31.2 Å². The lowest BCUT2D eigenvalue weighted by Crippen LogP contribution is -2.27. The van der Waals surface area contributed by atoms with Gasteiger partial charge >= 0.3 is 0 Å². The third kappa shape index (κ3) is 4.93. The summed E-state index contributed by atoms with van der Waals surface area (Å²) in [5.41, 5.74) is 1.69. The first-order valence-electron chi connectivity index (χ1n) is 8.23. The second-order valence-electron chi connectivity index (χ2n) is 7.46. The van der Waals surface area contributed by atoms with Crippen molar-refractivity contribution in [3.63, 3.8) is 0 Å². The molecule has 0 aliphatic heterocycles. The topological polar surface area (TPSA) is 80.3 Å². The van der Waals surface area contributed by atoms with Crippen LogP contribution in [-0.2, 0) is 25.3 Å². The molecule has 0 saturated heterocycles. The minimum atomic E-state index is -3.68. The SMILES string of the molecule is CC(NS(=O)(=O)c1ccc(C(C)(C)C)cc1)c1ccc(S(C)(=O)=O)cc1. The molecule has 0 aliphatic carbocycles. The molecule has 0 saturated carbocycles. The molecular weight excluding hydrogens is 370 g/mol. The largest absolute Gasteiger partial charge is 0.241 e. The summed E-state index contributed by atoms with van der Waals surface area (Å²) in [7, 11) is -6.95. The van der Waals surface area contributed by atoms with Crippen molar-refractivity contribution in [2.24, 2.45) is 0 Å². The van der Waals surface area contributed by atoms with Crippen molar-refractivity contribution in [1.29, 1.82) is 0 Å².